The molecule has 7 heteroatoms. The fourth-order valence-corrected chi connectivity index (χ4v) is 1.09. The summed E-state index contributed by atoms with van der Waals surface area (Å²) in [6.07, 6.45) is -0.462. The Kier molecular flexibility index (Phi) is 5.87. The van der Waals surface area contributed by atoms with E-state index in [2.05, 4.69) is 15.6 Å². The molecule has 0 fully saturated rings. The van der Waals surface area contributed by atoms with E-state index in [9.17, 15) is 14.4 Å². The van der Waals surface area contributed by atoms with Gasteiger partial charge in [0, 0.05) is 0 Å². The van der Waals surface area contributed by atoms with Crippen LogP contribution in [0.15, 0.2) is 30.3 Å². The molecule has 2 N–H and O–H groups in total. The fraction of sp³-hybridized carbons (Fsp3) is 0.250. The zero-order chi connectivity index (χ0) is 14.1. The largest absolute Gasteiger partial charge is 0.484 e. The third kappa shape index (κ3) is 6.06. The van der Waals surface area contributed by atoms with Gasteiger partial charge in [0.25, 0.3) is 5.91 Å². The fourth-order valence-electron chi connectivity index (χ4n) is 1.09. The number of hydrogen-bond acceptors (Lipinski definition) is 5. The van der Waals surface area contributed by atoms with E-state index in [1.807, 2.05) is 6.07 Å². The van der Waals surface area contributed by atoms with E-state index in [0.717, 1.165) is 0 Å². The second-order valence-corrected chi connectivity index (χ2v) is 3.45. The standard InChI is InChI=1S/C12H14N2O5/c1-18-12(17)7-10(15)13-14-11(16)8-19-9-5-3-2-4-6-9/h2-6H,7-8H2,1H3,(H,13,15)(H,14,16). The van der Waals surface area contributed by atoms with Crippen LogP contribution in [-0.4, -0.2) is 31.5 Å². The van der Waals surface area contributed by atoms with Gasteiger partial charge in [-0.15, -0.1) is 0 Å². The summed E-state index contributed by atoms with van der Waals surface area (Å²) in [6, 6.07) is 8.75. The van der Waals surface area contributed by atoms with Gasteiger partial charge < -0.3 is 9.47 Å². The van der Waals surface area contributed by atoms with Crippen molar-refractivity contribution < 1.29 is 23.9 Å². The number of hydrazine groups is 1. The minimum absolute atomic E-state index is 0.248. The van der Waals surface area contributed by atoms with Gasteiger partial charge in [0.05, 0.1) is 7.11 Å². The molecule has 0 saturated carbocycles. The molecule has 0 spiro atoms. The highest BCUT2D eigenvalue weighted by Crippen LogP contribution is 2.07. The van der Waals surface area contributed by atoms with E-state index < -0.39 is 24.2 Å². The van der Waals surface area contributed by atoms with Crippen LogP contribution >= 0.6 is 0 Å². The molecule has 7 nitrogen and oxygen atoms in total. The average molecular weight is 266 g/mol. The lowest BCUT2D eigenvalue weighted by Crippen LogP contribution is -2.44. The normalized spacial score (nSPS) is 9.32. The minimum Gasteiger partial charge on any atom is -0.484 e. The maximum atomic E-state index is 11.3. The number of nitrogens with one attached hydrogen (secondary N) is 2. The van der Waals surface area contributed by atoms with Gasteiger partial charge in [-0.25, -0.2) is 0 Å². The predicted octanol–water partition coefficient (Wildman–Crippen LogP) is -0.224. The highest BCUT2D eigenvalue weighted by molar-refractivity contribution is 5.95. The Bertz CT molecular complexity index is 447. The summed E-state index contributed by atoms with van der Waals surface area (Å²) in [5.41, 5.74) is 4.18. The summed E-state index contributed by atoms with van der Waals surface area (Å²) < 4.78 is 9.44. The van der Waals surface area contributed by atoms with Gasteiger partial charge >= 0.3 is 5.97 Å². The molecule has 0 unspecified atom stereocenters. The van der Waals surface area contributed by atoms with Gasteiger partial charge in [-0.2, -0.15) is 0 Å². The molecule has 1 aromatic rings. The quantitative estimate of drug-likeness (QED) is 0.436. The molecule has 19 heavy (non-hydrogen) atoms. The molecule has 0 aromatic heterocycles. The van der Waals surface area contributed by atoms with Crippen LogP contribution in [0.2, 0.25) is 0 Å². The first kappa shape index (κ1) is 14.5. The SMILES string of the molecule is COC(=O)CC(=O)NNC(=O)COc1ccccc1. The molecule has 1 aromatic carbocycles. The van der Waals surface area contributed by atoms with Crippen molar-refractivity contribution in [3.05, 3.63) is 30.3 Å². The van der Waals surface area contributed by atoms with Gasteiger partial charge in [-0.3, -0.25) is 25.2 Å². The van der Waals surface area contributed by atoms with Crippen molar-refractivity contribution in [1.29, 1.82) is 0 Å². The van der Waals surface area contributed by atoms with E-state index in [4.69, 9.17) is 4.74 Å². The number of benzene rings is 1. The van der Waals surface area contributed by atoms with Crippen LogP contribution in [0.5, 0.6) is 5.75 Å². The molecule has 102 valence electrons. The van der Waals surface area contributed by atoms with Crippen molar-refractivity contribution in [2.75, 3.05) is 13.7 Å². The number of methoxy groups -OCH3 is 1. The molecule has 0 bridgehead atoms. The van der Waals surface area contributed by atoms with Crippen molar-refractivity contribution in [3.8, 4) is 5.75 Å². The van der Waals surface area contributed by atoms with Gasteiger partial charge in [0.1, 0.15) is 12.2 Å². The molecule has 0 radical (unpaired) electrons. The summed E-state index contributed by atoms with van der Waals surface area (Å²) in [6.45, 7) is -0.248. The van der Waals surface area contributed by atoms with Crippen LogP contribution in [0.4, 0.5) is 0 Å². The van der Waals surface area contributed by atoms with Gasteiger partial charge in [-0.05, 0) is 12.1 Å². The molecule has 1 rings (SSSR count). The second-order valence-electron chi connectivity index (χ2n) is 3.45. The smallest absolute Gasteiger partial charge is 0.315 e. The Labute approximate surface area is 109 Å². The Morgan fingerprint density at radius 1 is 1.05 bits per heavy atom. The molecule has 0 aliphatic heterocycles. The summed E-state index contributed by atoms with van der Waals surface area (Å²) in [5, 5.41) is 0. The molecular weight excluding hydrogens is 252 g/mol. The molecule has 2 amide bonds. The molecule has 0 saturated heterocycles. The topological polar surface area (TPSA) is 93.7 Å². The molecule has 0 heterocycles. The lowest BCUT2D eigenvalue weighted by atomic mass is 10.3. The van der Waals surface area contributed by atoms with E-state index in [-0.39, 0.29) is 6.61 Å². The van der Waals surface area contributed by atoms with Crippen LogP contribution in [0, 0.1) is 0 Å². The first-order chi connectivity index (χ1) is 9.11. The van der Waals surface area contributed by atoms with Gasteiger partial charge in [0.15, 0.2) is 6.61 Å². The number of esters is 1. The van der Waals surface area contributed by atoms with E-state index in [1.54, 1.807) is 24.3 Å². The van der Waals surface area contributed by atoms with Crippen molar-refractivity contribution in [2.45, 2.75) is 6.42 Å². The summed E-state index contributed by atoms with van der Waals surface area (Å²) in [5.74, 6) is -1.35. The van der Waals surface area contributed by atoms with Crippen molar-refractivity contribution >= 4 is 17.8 Å². The van der Waals surface area contributed by atoms with E-state index in [1.165, 1.54) is 7.11 Å². The zero-order valence-electron chi connectivity index (χ0n) is 10.3. The number of rotatable bonds is 5. The first-order valence-electron chi connectivity index (χ1n) is 5.44. The summed E-state index contributed by atoms with van der Waals surface area (Å²) in [7, 11) is 1.17. The lowest BCUT2D eigenvalue weighted by molar-refractivity contribution is -0.144. The maximum Gasteiger partial charge on any atom is 0.315 e. The number of para-hydroxylation sites is 1. The first-order valence-corrected chi connectivity index (χ1v) is 5.44. The predicted molar refractivity (Wildman–Crippen MR) is 64.9 cm³/mol. The highest BCUT2D eigenvalue weighted by atomic mass is 16.5. The van der Waals surface area contributed by atoms with E-state index in [0.29, 0.717) is 5.75 Å². The minimum atomic E-state index is -0.688. The molecule has 0 aliphatic carbocycles. The highest BCUT2D eigenvalue weighted by Gasteiger charge is 2.10. The Morgan fingerprint density at radius 3 is 2.32 bits per heavy atom. The van der Waals surface area contributed by atoms with Crippen molar-refractivity contribution in [2.24, 2.45) is 0 Å². The van der Waals surface area contributed by atoms with Crippen molar-refractivity contribution in [1.82, 2.24) is 10.9 Å². The Hall–Kier alpha value is -2.57. The molecule has 0 atom stereocenters. The summed E-state index contributed by atoms with van der Waals surface area (Å²) in [4.78, 5) is 33.2. The second kappa shape index (κ2) is 7.70. The molecule has 0 aliphatic rings. The molecular formula is C12H14N2O5. The number of ether oxygens (including phenoxy) is 2. The zero-order valence-corrected chi connectivity index (χ0v) is 10.3. The monoisotopic (exact) mass is 266 g/mol. The van der Waals surface area contributed by atoms with Crippen LogP contribution in [0.1, 0.15) is 6.42 Å². The maximum absolute atomic E-state index is 11.3. The Balaban J connectivity index is 2.21. The number of amides is 2. The number of carbonyl (C=O) groups is 3. The van der Waals surface area contributed by atoms with Crippen LogP contribution < -0.4 is 15.6 Å². The Morgan fingerprint density at radius 2 is 1.68 bits per heavy atom. The number of carbonyl (C=O) groups excluding carboxylic acids is 3. The average Bonchev–Trinajstić information content (AvgIpc) is 2.43. The van der Waals surface area contributed by atoms with Crippen LogP contribution in [0.3, 0.4) is 0 Å². The van der Waals surface area contributed by atoms with Crippen molar-refractivity contribution in [3.63, 3.8) is 0 Å². The van der Waals surface area contributed by atoms with Crippen LogP contribution in [-0.2, 0) is 19.1 Å². The van der Waals surface area contributed by atoms with Gasteiger partial charge in [0.2, 0.25) is 5.91 Å². The third-order valence-electron chi connectivity index (χ3n) is 1.99. The summed E-state index contributed by atoms with van der Waals surface area (Å²) >= 11 is 0. The van der Waals surface area contributed by atoms with Gasteiger partial charge in [-0.1, -0.05) is 18.2 Å². The lowest BCUT2D eigenvalue weighted by Gasteiger charge is -2.08. The number of hydrogen-bond donors (Lipinski definition) is 2. The van der Waals surface area contributed by atoms with Crippen LogP contribution in [0.25, 0.3) is 0 Å². The third-order valence-corrected chi connectivity index (χ3v) is 1.99. The van der Waals surface area contributed by atoms with E-state index >= 15 is 0 Å².